The second-order valence-corrected chi connectivity index (χ2v) is 7.67. The second kappa shape index (κ2) is 10.7. The van der Waals surface area contributed by atoms with Crippen LogP contribution < -0.4 is 18.9 Å². The Morgan fingerprint density at radius 3 is 1.74 bits per heavy atom. The van der Waals surface area contributed by atoms with Gasteiger partial charge in [-0.1, -0.05) is 60.1 Å². The molecule has 0 aliphatic rings. The maximum atomic E-state index is 12.8. The summed E-state index contributed by atoms with van der Waals surface area (Å²) in [5.74, 6) is 1.58. The Kier molecular flexibility index (Phi) is 10.7. The second-order valence-electron chi connectivity index (χ2n) is 7.17. The van der Waals surface area contributed by atoms with Gasteiger partial charge in [-0.05, 0) is 40.9 Å². The van der Waals surface area contributed by atoms with Gasteiger partial charge in [-0.25, -0.2) is 0 Å². The summed E-state index contributed by atoms with van der Waals surface area (Å²) in [4.78, 5) is 12.8. The average molecular weight is 326 g/mol. The molecule has 0 aliphatic heterocycles. The smallest absolute Gasteiger partial charge is 0.558 e. The van der Waals surface area contributed by atoms with Crippen molar-refractivity contribution in [1.29, 1.82) is 0 Å². The van der Waals surface area contributed by atoms with E-state index in [-0.39, 0.29) is 18.9 Å². The molecule has 0 unspecified atom stereocenters. The van der Waals surface area contributed by atoms with Gasteiger partial charge in [0, 0.05) is 12.0 Å². The maximum absolute atomic E-state index is 12.8. The molecule has 0 amide bonds. The first-order valence-corrected chi connectivity index (χ1v) is 9.35. The van der Waals surface area contributed by atoms with Gasteiger partial charge in [-0.2, -0.15) is 6.16 Å². The van der Waals surface area contributed by atoms with E-state index in [0.717, 1.165) is 24.6 Å². The number of carbonyl (C=O) groups excluding carboxylic acids is 1. The number of unbranched alkanes of at least 4 members (excludes halogenated alkanes) is 1. The van der Waals surface area contributed by atoms with Gasteiger partial charge in [-0.3, -0.25) is 4.79 Å². The number of benzene rings is 1. The van der Waals surface area contributed by atoms with Crippen molar-refractivity contribution >= 4 is 15.0 Å². The molecule has 23 heavy (non-hydrogen) atoms. The molecule has 0 radical (unpaired) electrons. The minimum atomic E-state index is 0. The first-order valence-electron chi connectivity index (χ1n) is 8.65. The first kappa shape index (κ1) is 22.9. The molecule has 0 spiro atoms. The van der Waals surface area contributed by atoms with E-state index in [1.165, 1.54) is 16.7 Å². The summed E-state index contributed by atoms with van der Waals surface area (Å²) in [6.45, 7) is 13.2. The molecule has 0 saturated carbocycles. The number of hydrogen-bond acceptors (Lipinski definition) is 1. The van der Waals surface area contributed by atoms with E-state index in [2.05, 4.69) is 62.9 Å². The van der Waals surface area contributed by atoms with Crippen molar-refractivity contribution in [3.63, 3.8) is 0 Å². The predicted molar refractivity (Wildman–Crippen MR) is 100 cm³/mol. The van der Waals surface area contributed by atoms with Crippen molar-refractivity contribution in [2.75, 3.05) is 6.16 Å². The van der Waals surface area contributed by atoms with Gasteiger partial charge in [0.1, 0.15) is 0 Å². The van der Waals surface area contributed by atoms with Gasteiger partial charge >= 0.3 is 18.9 Å². The largest absolute Gasteiger partial charge is 1.00 e. The third-order valence-electron chi connectivity index (χ3n) is 4.24. The third kappa shape index (κ3) is 6.38. The standard InChI is InChI=1S/C20H32OP.Li/c1-13(2)16-11-17(14(3)4)20(18(12-16)15(5)6)19(21)9-7-8-10-22;/h11-15,22H,7-10H2,1-6H3;/q-1;+1. The molecule has 0 saturated heterocycles. The molecule has 0 aliphatic carbocycles. The summed E-state index contributed by atoms with van der Waals surface area (Å²) in [5.41, 5.74) is 4.82. The molecular weight excluding hydrogens is 294 g/mol. The summed E-state index contributed by atoms with van der Waals surface area (Å²) >= 11 is 0. The van der Waals surface area contributed by atoms with Crippen molar-refractivity contribution in [2.45, 2.75) is 78.6 Å². The zero-order valence-electron chi connectivity index (χ0n) is 16.1. The van der Waals surface area contributed by atoms with Crippen molar-refractivity contribution in [2.24, 2.45) is 0 Å². The zero-order valence-corrected chi connectivity index (χ0v) is 17.1. The Morgan fingerprint density at radius 1 is 0.913 bits per heavy atom. The Bertz CT molecular complexity index is 477. The Labute approximate surface area is 157 Å². The minimum Gasteiger partial charge on any atom is -0.558 e. The molecule has 1 rings (SSSR count). The Morgan fingerprint density at radius 2 is 1.39 bits per heavy atom. The van der Waals surface area contributed by atoms with E-state index in [4.69, 9.17) is 0 Å². The molecule has 1 aromatic rings. The maximum Gasteiger partial charge on any atom is 1.00 e. The van der Waals surface area contributed by atoms with Gasteiger partial charge < -0.3 is 9.24 Å². The molecule has 1 nitrogen and oxygen atoms in total. The summed E-state index contributed by atoms with van der Waals surface area (Å²) in [5, 5.41) is 0. The Hall–Kier alpha value is -0.0826. The van der Waals surface area contributed by atoms with Crippen LogP contribution in [0.5, 0.6) is 0 Å². The molecule has 0 heterocycles. The van der Waals surface area contributed by atoms with Gasteiger partial charge in [0.05, 0.1) is 0 Å². The van der Waals surface area contributed by atoms with Crippen LogP contribution >= 0.6 is 9.24 Å². The van der Waals surface area contributed by atoms with Crippen LogP contribution in [0, 0.1) is 0 Å². The van der Waals surface area contributed by atoms with Crippen LogP contribution in [0.3, 0.4) is 0 Å². The third-order valence-corrected chi connectivity index (χ3v) is 4.60. The minimum absolute atomic E-state index is 0. The summed E-state index contributed by atoms with van der Waals surface area (Å²) < 4.78 is 0. The molecule has 3 heteroatoms. The van der Waals surface area contributed by atoms with Gasteiger partial charge in [0.25, 0.3) is 0 Å². The van der Waals surface area contributed by atoms with Crippen molar-refractivity contribution < 1.29 is 23.7 Å². The number of hydrogen-bond donors (Lipinski definition) is 0. The van der Waals surface area contributed by atoms with Crippen LogP contribution in [-0.2, 0) is 0 Å². The van der Waals surface area contributed by atoms with Crippen molar-refractivity contribution in [1.82, 2.24) is 0 Å². The molecule has 0 N–H and O–H groups in total. The Balaban J connectivity index is 0.00000484. The topological polar surface area (TPSA) is 17.1 Å². The van der Waals surface area contributed by atoms with Gasteiger partial charge in [-0.15, -0.1) is 0 Å². The van der Waals surface area contributed by atoms with Crippen molar-refractivity contribution in [3.8, 4) is 0 Å². The molecule has 0 bridgehead atoms. The normalized spacial score (nSPS) is 11.2. The fourth-order valence-corrected chi connectivity index (χ4v) is 3.06. The van der Waals surface area contributed by atoms with E-state index in [0.29, 0.717) is 30.0 Å². The van der Waals surface area contributed by atoms with Crippen LogP contribution in [0.15, 0.2) is 12.1 Å². The average Bonchev–Trinajstić information content (AvgIpc) is 2.45. The number of rotatable bonds is 8. The molecule has 0 fully saturated rings. The van der Waals surface area contributed by atoms with E-state index in [9.17, 15) is 4.79 Å². The van der Waals surface area contributed by atoms with E-state index >= 15 is 0 Å². The quantitative estimate of drug-likeness (QED) is 0.309. The predicted octanol–water partition coefficient (Wildman–Crippen LogP) is 3.56. The fourth-order valence-electron chi connectivity index (χ4n) is 2.81. The zero-order chi connectivity index (χ0) is 16.9. The summed E-state index contributed by atoms with van der Waals surface area (Å²) in [7, 11) is 3.49. The van der Waals surface area contributed by atoms with E-state index < -0.39 is 0 Å². The molecule has 0 aromatic heterocycles. The monoisotopic (exact) mass is 326 g/mol. The van der Waals surface area contributed by atoms with Gasteiger partial charge in [0.2, 0.25) is 0 Å². The molecule has 0 atom stereocenters. The van der Waals surface area contributed by atoms with Crippen LogP contribution in [-0.4, -0.2) is 11.9 Å². The van der Waals surface area contributed by atoms with Crippen LogP contribution in [0.2, 0.25) is 0 Å². The fraction of sp³-hybridized carbons (Fsp3) is 0.650. The number of ketones is 1. The van der Waals surface area contributed by atoms with Crippen LogP contribution in [0.1, 0.15) is 106 Å². The first-order chi connectivity index (χ1) is 10.3. The SMILES string of the molecule is CC(C)c1cc(C(C)C)c(C(=O)CCCC[PH-])c(C(C)C)c1.[Li+]. The van der Waals surface area contributed by atoms with Gasteiger partial charge in [0.15, 0.2) is 5.78 Å². The van der Waals surface area contributed by atoms with Crippen LogP contribution in [0.4, 0.5) is 0 Å². The number of carbonyl (C=O) groups is 1. The van der Waals surface area contributed by atoms with Crippen molar-refractivity contribution in [3.05, 3.63) is 34.4 Å². The van der Waals surface area contributed by atoms with E-state index in [1.807, 2.05) is 0 Å². The van der Waals surface area contributed by atoms with E-state index in [1.54, 1.807) is 0 Å². The molecule has 1 aromatic carbocycles. The van der Waals surface area contributed by atoms with Crippen LogP contribution in [0.25, 0.3) is 0 Å². The molecular formula is C20H32LiOP. The molecule has 124 valence electrons. The summed E-state index contributed by atoms with van der Waals surface area (Å²) in [6.07, 6.45) is 3.64. The summed E-state index contributed by atoms with van der Waals surface area (Å²) in [6, 6.07) is 4.52. The number of Topliss-reactive ketones (excluding diaryl/α,β-unsaturated/α-hetero) is 1.